The van der Waals surface area contributed by atoms with Crippen molar-refractivity contribution in [2.75, 3.05) is 6.54 Å². The third-order valence-corrected chi connectivity index (χ3v) is 4.32. The molecule has 102 valence electrons. The molecule has 2 rings (SSSR count). The largest absolute Gasteiger partial charge is 0.308 e. The van der Waals surface area contributed by atoms with E-state index in [1.165, 1.54) is 0 Å². The molecule has 0 amide bonds. The fourth-order valence-corrected chi connectivity index (χ4v) is 3.04. The van der Waals surface area contributed by atoms with Gasteiger partial charge in [0.2, 0.25) is 0 Å². The zero-order valence-corrected chi connectivity index (χ0v) is 13.2. The van der Waals surface area contributed by atoms with Crippen molar-refractivity contribution < 1.29 is 0 Å². The maximum Gasteiger partial charge on any atom is 0.0898 e. The standard InChI is InChI=1S/C14H16Cl2N2S/c1-9(14-8-19-10(2)18-14)17-6-5-11-3-4-12(15)7-13(11)16/h3-4,7-9,17H,5-6H2,1-2H3. The number of halogens is 2. The number of benzene rings is 1. The van der Waals surface area contributed by atoms with Crippen LogP contribution < -0.4 is 5.32 Å². The predicted molar refractivity (Wildman–Crippen MR) is 83.4 cm³/mol. The second kappa shape index (κ2) is 6.71. The second-order valence-corrected chi connectivity index (χ2v) is 6.36. The van der Waals surface area contributed by atoms with Gasteiger partial charge in [0.15, 0.2) is 0 Å². The Bertz CT molecular complexity index is 554. The van der Waals surface area contributed by atoms with Crippen LogP contribution in [0.15, 0.2) is 23.6 Å². The van der Waals surface area contributed by atoms with Gasteiger partial charge in [-0.3, -0.25) is 0 Å². The number of nitrogens with zero attached hydrogens (tertiary/aromatic N) is 1. The van der Waals surface area contributed by atoms with Gasteiger partial charge in [-0.2, -0.15) is 0 Å². The first-order valence-electron chi connectivity index (χ1n) is 6.15. The molecular formula is C14H16Cl2N2S. The summed E-state index contributed by atoms with van der Waals surface area (Å²) in [6, 6.07) is 5.89. The Labute approximate surface area is 127 Å². The molecule has 0 aliphatic carbocycles. The minimum Gasteiger partial charge on any atom is -0.308 e. The number of aromatic nitrogens is 1. The highest BCUT2D eigenvalue weighted by Gasteiger charge is 2.08. The van der Waals surface area contributed by atoms with Crippen molar-refractivity contribution in [1.82, 2.24) is 10.3 Å². The van der Waals surface area contributed by atoms with E-state index < -0.39 is 0 Å². The van der Waals surface area contributed by atoms with Crippen LogP contribution in [0, 0.1) is 6.92 Å². The van der Waals surface area contributed by atoms with Crippen LogP contribution in [0.3, 0.4) is 0 Å². The zero-order valence-electron chi connectivity index (χ0n) is 10.9. The Morgan fingerprint density at radius 1 is 1.37 bits per heavy atom. The molecule has 1 aromatic heterocycles. The Morgan fingerprint density at radius 2 is 2.16 bits per heavy atom. The van der Waals surface area contributed by atoms with Gasteiger partial charge in [0.25, 0.3) is 0 Å². The zero-order chi connectivity index (χ0) is 13.8. The molecule has 2 nitrogen and oxygen atoms in total. The topological polar surface area (TPSA) is 24.9 Å². The summed E-state index contributed by atoms with van der Waals surface area (Å²) in [6.45, 7) is 5.01. The molecule has 0 saturated carbocycles. The van der Waals surface area contributed by atoms with Crippen molar-refractivity contribution in [2.24, 2.45) is 0 Å². The van der Waals surface area contributed by atoms with Gasteiger partial charge in [-0.1, -0.05) is 29.3 Å². The molecule has 0 bridgehead atoms. The maximum atomic E-state index is 6.14. The minimum atomic E-state index is 0.260. The van der Waals surface area contributed by atoms with E-state index in [4.69, 9.17) is 23.2 Å². The molecule has 2 aromatic rings. The summed E-state index contributed by atoms with van der Waals surface area (Å²) in [7, 11) is 0. The molecule has 1 atom stereocenters. The van der Waals surface area contributed by atoms with Crippen molar-refractivity contribution in [3.63, 3.8) is 0 Å². The van der Waals surface area contributed by atoms with Gasteiger partial charge in [0.1, 0.15) is 0 Å². The highest BCUT2D eigenvalue weighted by atomic mass is 35.5. The van der Waals surface area contributed by atoms with Gasteiger partial charge >= 0.3 is 0 Å². The molecule has 1 aromatic carbocycles. The summed E-state index contributed by atoms with van der Waals surface area (Å²) >= 11 is 13.7. The van der Waals surface area contributed by atoms with Gasteiger partial charge in [0, 0.05) is 21.5 Å². The van der Waals surface area contributed by atoms with E-state index in [1.54, 1.807) is 17.4 Å². The number of thiazole rings is 1. The van der Waals surface area contributed by atoms with Crippen molar-refractivity contribution in [3.8, 4) is 0 Å². The Morgan fingerprint density at radius 3 is 2.79 bits per heavy atom. The monoisotopic (exact) mass is 314 g/mol. The first kappa shape index (κ1) is 14.8. The molecule has 1 heterocycles. The lowest BCUT2D eigenvalue weighted by atomic mass is 10.1. The van der Waals surface area contributed by atoms with Crippen LogP contribution >= 0.6 is 34.5 Å². The number of aryl methyl sites for hydroxylation is 1. The van der Waals surface area contributed by atoms with E-state index in [2.05, 4.69) is 22.6 Å². The SMILES string of the molecule is Cc1nc(C(C)NCCc2ccc(Cl)cc2Cl)cs1. The molecule has 0 aliphatic heterocycles. The van der Waals surface area contributed by atoms with Gasteiger partial charge in [-0.15, -0.1) is 11.3 Å². The van der Waals surface area contributed by atoms with Crippen molar-refractivity contribution >= 4 is 34.5 Å². The van der Waals surface area contributed by atoms with Gasteiger partial charge < -0.3 is 5.32 Å². The minimum absolute atomic E-state index is 0.260. The van der Waals surface area contributed by atoms with E-state index in [1.807, 2.05) is 19.1 Å². The molecule has 0 radical (unpaired) electrons. The third-order valence-electron chi connectivity index (χ3n) is 2.94. The maximum absolute atomic E-state index is 6.14. The molecule has 1 N–H and O–H groups in total. The van der Waals surface area contributed by atoms with Gasteiger partial charge in [-0.05, 0) is 44.5 Å². The van der Waals surface area contributed by atoms with Gasteiger partial charge in [-0.25, -0.2) is 4.98 Å². The van der Waals surface area contributed by atoms with Crippen molar-refractivity contribution in [1.29, 1.82) is 0 Å². The van der Waals surface area contributed by atoms with Crippen LogP contribution in [0.1, 0.15) is 29.2 Å². The lowest BCUT2D eigenvalue weighted by Crippen LogP contribution is -2.21. The van der Waals surface area contributed by atoms with E-state index in [0.717, 1.165) is 34.3 Å². The summed E-state index contributed by atoms with van der Waals surface area (Å²) in [5, 5.41) is 8.06. The first-order chi connectivity index (χ1) is 9.06. The van der Waals surface area contributed by atoms with Crippen LogP contribution in [0.25, 0.3) is 0 Å². The Kier molecular flexibility index (Phi) is 5.22. The highest BCUT2D eigenvalue weighted by molar-refractivity contribution is 7.09. The Hall–Kier alpha value is -0.610. The van der Waals surface area contributed by atoms with E-state index in [-0.39, 0.29) is 6.04 Å². The lowest BCUT2D eigenvalue weighted by Gasteiger charge is -2.12. The summed E-state index contributed by atoms with van der Waals surface area (Å²) in [5.74, 6) is 0. The molecule has 0 fully saturated rings. The van der Waals surface area contributed by atoms with Crippen LogP contribution in [0.4, 0.5) is 0 Å². The van der Waals surface area contributed by atoms with Crippen LogP contribution in [0.2, 0.25) is 10.0 Å². The number of hydrogen-bond acceptors (Lipinski definition) is 3. The fourth-order valence-electron chi connectivity index (χ4n) is 1.83. The highest BCUT2D eigenvalue weighted by Crippen LogP contribution is 2.21. The summed E-state index contributed by atoms with van der Waals surface area (Å²) in [6.07, 6.45) is 0.878. The van der Waals surface area contributed by atoms with E-state index in [9.17, 15) is 0 Å². The summed E-state index contributed by atoms with van der Waals surface area (Å²) in [5.41, 5.74) is 2.21. The fraction of sp³-hybridized carbons (Fsp3) is 0.357. The predicted octanol–water partition coefficient (Wildman–Crippen LogP) is 4.65. The number of nitrogens with one attached hydrogen (secondary N) is 1. The van der Waals surface area contributed by atoms with Crippen molar-refractivity contribution in [3.05, 3.63) is 49.9 Å². The quantitative estimate of drug-likeness (QED) is 0.868. The normalized spacial score (nSPS) is 12.6. The molecule has 5 heteroatoms. The lowest BCUT2D eigenvalue weighted by molar-refractivity contribution is 0.566. The van der Waals surface area contributed by atoms with E-state index >= 15 is 0 Å². The van der Waals surface area contributed by atoms with Gasteiger partial charge in [0.05, 0.1) is 10.7 Å². The smallest absolute Gasteiger partial charge is 0.0898 e. The first-order valence-corrected chi connectivity index (χ1v) is 7.79. The average molecular weight is 315 g/mol. The van der Waals surface area contributed by atoms with Crippen LogP contribution in [-0.4, -0.2) is 11.5 Å². The number of rotatable bonds is 5. The number of hydrogen-bond donors (Lipinski definition) is 1. The van der Waals surface area contributed by atoms with Crippen molar-refractivity contribution in [2.45, 2.75) is 26.3 Å². The molecule has 0 spiro atoms. The summed E-state index contributed by atoms with van der Waals surface area (Å²) < 4.78 is 0. The second-order valence-electron chi connectivity index (χ2n) is 4.45. The van der Waals surface area contributed by atoms with E-state index in [0.29, 0.717) is 5.02 Å². The third kappa shape index (κ3) is 4.18. The van der Waals surface area contributed by atoms with Crippen LogP contribution in [0.5, 0.6) is 0 Å². The molecule has 0 saturated heterocycles. The molecule has 0 aliphatic rings. The van der Waals surface area contributed by atoms with Crippen LogP contribution in [-0.2, 0) is 6.42 Å². The molecule has 19 heavy (non-hydrogen) atoms. The molecular weight excluding hydrogens is 299 g/mol. The summed E-state index contributed by atoms with van der Waals surface area (Å²) in [4.78, 5) is 4.48. The molecule has 1 unspecified atom stereocenters. The average Bonchev–Trinajstić information content (AvgIpc) is 2.78. The Balaban J connectivity index is 1.86.